The maximum atomic E-state index is 12.9. The van der Waals surface area contributed by atoms with Crippen molar-refractivity contribution in [2.24, 2.45) is 11.1 Å². The molecule has 1 saturated heterocycles. The molecule has 2 rings (SSSR count). The number of alkyl halides is 3. The predicted molar refractivity (Wildman–Crippen MR) is 92.4 cm³/mol. The molecule has 1 unspecified atom stereocenters. The van der Waals surface area contributed by atoms with E-state index in [1.807, 2.05) is 13.8 Å². The van der Waals surface area contributed by atoms with E-state index in [0.717, 1.165) is 12.1 Å². The van der Waals surface area contributed by atoms with Gasteiger partial charge in [-0.1, -0.05) is 19.9 Å². The Kier molecular flexibility index (Phi) is 5.95. The van der Waals surface area contributed by atoms with Crippen LogP contribution in [-0.2, 0) is 15.8 Å². The Morgan fingerprint density at radius 2 is 1.96 bits per heavy atom. The summed E-state index contributed by atoms with van der Waals surface area (Å²) in [4.78, 5) is 26.1. The summed E-state index contributed by atoms with van der Waals surface area (Å²) in [6, 6.07) is 4.18. The van der Waals surface area contributed by atoms with Crippen LogP contribution in [0.25, 0.3) is 0 Å². The molecule has 5 nitrogen and oxygen atoms in total. The fraction of sp³-hybridized carbons (Fsp3) is 0.556. The van der Waals surface area contributed by atoms with E-state index in [0.29, 0.717) is 12.8 Å². The van der Waals surface area contributed by atoms with Crippen molar-refractivity contribution < 1.29 is 22.8 Å². The van der Waals surface area contributed by atoms with Gasteiger partial charge >= 0.3 is 6.18 Å². The number of amides is 2. The zero-order valence-electron chi connectivity index (χ0n) is 14.9. The number of rotatable bonds is 6. The van der Waals surface area contributed by atoms with Crippen LogP contribution < -0.4 is 16.0 Å². The highest BCUT2D eigenvalue weighted by Gasteiger charge is 2.38. The Balaban J connectivity index is 2.13. The van der Waals surface area contributed by atoms with Crippen LogP contribution in [0, 0.1) is 5.41 Å². The van der Waals surface area contributed by atoms with Gasteiger partial charge in [-0.05, 0) is 31.0 Å². The first kappa shape index (κ1) is 20.2. The molecule has 1 heterocycles. The van der Waals surface area contributed by atoms with Crippen molar-refractivity contribution in [2.45, 2.75) is 45.3 Å². The minimum Gasteiger partial charge on any atom is -0.351 e. The first-order valence-electron chi connectivity index (χ1n) is 8.65. The fourth-order valence-corrected chi connectivity index (χ4v) is 3.19. The van der Waals surface area contributed by atoms with Crippen LogP contribution in [0.1, 0.15) is 38.7 Å². The van der Waals surface area contributed by atoms with Crippen molar-refractivity contribution in [1.82, 2.24) is 5.32 Å². The van der Waals surface area contributed by atoms with Crippen LogP contribution >= 0.6 is 0 Å². The number of carbonyl (C=O) groups excluding carboxylic acids is 2. The molecule has 0 spiro atoms. The average molecular weight is 371 g/mol. The molecule has 2 amide bonds. The van der Waals surface area contributed by atoms with E-state index in [-0.39, 0.29) is 37.0 Å². The van der Waals surface area contributed by atoms with Crippen molar-refractivity contribution in [1.29, 1.82) is 0 Å². The molecule has 0 bridgehead atoms. The van der Waals surface area contributed by atoms with Crippen molar-refractivity contribution in [3.05, 3.63) is 29.8 Å². The summed E-state index contributed by atoms with van der Waals surface area (Å²) >= 11 is 0. The Bertz CT molecular complexity index is 664. The van der Waals surface area contributed by atoms with E-state index in [2.05, 4.69) is 5.32 Å². The van der Waals surface area contributed by atoms with Crippen molar-refractivity contribution in [3.63, 3.8) is 0 Å². The normalized spacial score (nSPS) is 18.3. The lowest BCUT2D eigenvalue weighted by Crippen LogP contribution is -2.49. The second-order valence-corrected chi connectivity index (χ2v) is 6.62. The third-order valence-electron chi connectivity index (χ3n) is 5.17. The van der Waals surface area contributed by atoms with Crippen LogP contribution in [0.15, 0.2) is 24.3 Å². The molecule has 0 aliphatic carbocycles. The molecular formula is C18H24F3N3O2. The van der Waals surface area contributed by atoms with Crippen molar-refractivity contribution in [2.75, 3.05) is 18.0 Å². The van der Waals surface area contributed by atoms with E-state index in [1.54, 1.807) is 0 Å². The van der Waals surface area contributed by atoms with Gasteiger partial charge in [-0.15, -0.1) is 0 Å². The minimum absolute atomic E-state index is 0.0517. The van der Waals surface area contributed by atoms with Gasteiger partial charge in [-0.3, -0.25) is 9.59 Å². The minimum atomic E-state index is -4.48. The monoisotopic (exact) mass is 371 g/mol. The summed E-state index contributed by atoms with van der Waals surface area (Å²) in [5.41, 5.74) is 4.44. The van der Waals surface area contributed by atoms with Crippen LogP contribution in [-0.4, -0.2) is 30.9 Å². The fourth-order valence-electron chi connectivity index (χ4n) is 3.19. The Morgan fingerprint density at radius 1 is 1.31 bits per heavy atom. The summed E-state index contributed by atoms with van der Waals surface area (Å²) in [7, 11) is 0. The van der Waals surface area contributed by atoms with Crippen molar-refractivity contribution >= 4 is 17.5 Å². The second kappa shape index (κ2) is 7.65. The third-order valence-corrected chi connectivity index (χ3v) is 5.17. The second-order valence-electron chi connectivity index (χ2n) is 6.62. The smallest absolute Gasteiger partial charge is 0.351 e. The molecule has 0 saturated carbocycles. The van der Waals surface area contributed by atoms with Gasteiger partial charge in [0.25, 0.3) is 0 Å². The predicted octanol–water partition coefficient (Wildman–Crippen LogP) is 2.69. The summed E-state index contributed by atoms with van der Waals surface area (Å²) in [5, 5.41) is 2.84. The van der Waals surface area contributed by atoms with Crippen LogP contribution in [0.3, 0.4) is 0 Å². The topological polar surface area (TPSA) is 75.4 Å². The number of halogens is 3. The highest BCUT2D eigenvalue weighted by atomic mass is 19.4. The summed E-state index contributed by atoms with van der Waals surface area (Å²) in [6.45, 7) is 4.10. The summed E-state index contributed by atoms with van der Waals surface area (Å²) < 4.78 is 38.6. The third kappa shape index (κ3) is 4.00. The van der Waals surface area contributed by atoms with Gasteiger partial charge in [0, 0.05) is 25.2 Å². The maximum absolute atomic E-state index is 12.9. The number of nitrogens with zero attached hydrogens (tertiary/aromatic N) is 1. The first-order valence-corrected chi connectivity index (χ1v) is 8.65. The quantitative estimate of drug-likeness (QED) is 0.807. The lowest BCUT2D eigenvalue weighted by molar-refractivity contribution is -0.137. The molecule has 1 aliphatic heterocycles. The molecule has 1 aromatic carbocycles. The number of carbonyl (C=O) groups is 2. The summed E-state index contributed by atoms with van der Waals surface area (Å²) in [5.74, 6) is -0.533. The molecule has 0 aromatic heterocycles. The molecule has 1 atom stereocenters. The highest BCUT2D eigenvalue weighted by molar-refractivity contribution is 5.97. The molecular weight excluding hydrogens is 347 g/mol. The lowest BCUT2D eigenvalue weighted by Gasteiger charge is -2.30. The van der Waals surface area contributed by atoms with Gasteiger partial charge < -0.3 is 16.0 Å². The number of nitrogens with two attached hydrogens (primary N) is 1. The molecule has 1 aromatic rings. The average Bonchev–Trinajstić information content (AvgIpc) is 2.96. The summed E-state index contributed by atoms with van der Waals surface area (Å²) in [6.07, 6.45) is -3.28. The zero-order valence-corrected chi connectivity index (χ0v) is 14.9. The van der Waals surface area contributed by atoms with Gasteiger partial charge in [0.05, 0.1) is 17.0 Å². The van der Waals surface area contributed by atoms with E-state index in [1.165, 1.54) is 17.0 Å². The highest BCUT2D eigenvalue weighted by Crippen LogP contribution is 2.33. The maximum Gasteiger partial charge on any atom is 0.416 e. The first-order chi connectivity index (χ1) is 12.2. The van der Waals surface area contributed by atoms with Gasteiger partial charge in [0.1, 0.15) is 0 Å². The lowest BCUT2D eigenvalue weighted by atomic mass is 9.81. The standard InChI is InChI=1S/C18H24F3N3O2/c1-3-17(4-2,11-22)16(26)23-13-9-15(25)24(10-13)14-7-5-6-12(8-14)18(19,20)21/h5-8,13H,3-4,9-11,22H2,1-2H3,(H,23,26). The molecule has 144 valence electrons. The number of hydrogen-bond acceptors (Lipinski definition) is 3. The van der Waals surface area contributed by atoms with Gasteiger partial charge in [0.15, 0.2) is 0 Å². The number of anilines is 1. The molecule has 8 heteroatoms. The number of benzene rings is 1. The van der Waals surface area contributed by atoms with E-state index in [9.17, 15) is 22.8 Å². The Labute approximate surface area is 150 Å². The Morgan fingerprint density at radius 3 is 2.50 bits per heavy atom. The largest absolute Gasteiger partial charge is 0.416 e. The van der Waals surface area contributed by atoms with E-state index >= 15 is 0 Å². The molecule has 0 radical (unpaired) electrons. The van der Waals surface area contributed by atoms with Gasteiger partial charge in [0.2, 0.25) is 11.8 Å². The zero-order chi connectivity index (χ0) is 19.5. The van der Waals surface area contributed by atoms with Crippen LogP contribution in [0.4, 0.5) is 18.9 Å². The van der Waals surface area contributed by atoms with Crippen LogP contribution in [0.5, 0.6) is 0 Å². The number of nitrogens with one attached hydrogen (secondary N) is 1. The molecule has 1 aliphatic rings. The number of hydrogen-bond donors (Lipinski definition) is 2. The molecule has 26 heavy (non-hydrogen) atoms. The molecule has 1 fully saturated rings. The SMILES string of the molecule is CCC(CC)(CN)C(=O)NC1CC(=O)N(c2cccc(C(F)(F)F)c2)C1. The molecule has 3 N–H and O–H groups in total. The van der Waals surface area contributed by atoms with Crippen LogP contribution in [0.2, 0.25) is 0 Å². The van der Waals surface area contributed by atoms with Gasteiger partial charge in [-0.2, -0.15) is 13.2 Å². The van der Waals surface area contributed by atoms with Crippen molar-refractivity contribution in [3.8, 4) is 0 Å². The van der Waals surface area contributed by atoms with E-state index in [4.69, 9.17) is 5.73 Å². The van der Waals surface area contributed by atoms with Gasteiger partial charge in [-0.25, -0.2) is 0 Å². The van der Waals surface area contributed by atoms with E-state index < -0.39 is 23.2 Å². The Hall–Kier alpha value is -2.09.